The number of fused-ring (bicyclic) bond motifs is 3. The molecule has 0 aliphatic carbocycles. The molecule has 0 radical (unpaired) electrons. The van der Waals surface area contributed by atoms with Crippen LogP contribution in [0.25, 0.3) is 10.9 Å². The third kappa shape index (κ3) is 2.91. The Morgan fingerprint density at radius 2 is 2.26 bits per heavy atom. The highest BCUT2D eigenvalue weighted by molar-refractivity contribution is 9.10. The molecule has 2 amide bonds. The smallest absolute Gasteiger partial charge is 0.246 e. The summed E-state index contributed by atoms with van der Waals surface area (Å²) in [4.78, 5) is 30.6. The minimum absolute atomic E-state index is 0.0438. The van der Waals surface area contributed by atoms with Crippen molar-refractivity contribution in [1.29, 1.82) is 0 Å². The largest absolute Gasteiger partial charge is 0.357 e. The Morgan fingerprint density at radius 3 is 3.00 bits per heavy atom. The van der Waals surface area contributed by atoms with Crippen LogP contribution in [0.15, 0.2) is 35.3 Å². The molecular weight excluding hydrogens is 358 g/mol. The van der Waals surface area contributed by atoms with Gasteiger partial charge in [0.2, 0.25) is 11.8 Å². The molecule has 0 atom stereocenters. The molecule has 0 fully saturated rings. The van der Waals surface area contributed by atoms with Crippen LogP contribution < -0.4 is 0 Å². The number of para-hydroxylation sites is 1. The van der Waals surface area contributed by atoms with Crippen molar-refractivity contribution in [3.63, 3.8) is 0 Å². The summed E-state index contributed by atoms with van der Waals surface area (Å²) in [5.41, 5.74) is 3.43. The lowest BCUT2D eigenvalue weighted by Crippen LogP contribution is -2.42. The molecule has 1 aromatic carbocycles. The van der Waals surface area contributed by atoms with E-state index < -0.39 is 0 Å². The fraction of sp³-hybridized carbons (Fsp3) is 0.294. The van der Waals surface area contributed by atoms with Crippen LogP contribution in [0.3, 0.4) is 0 Å². The zero-order chi connectivity index (χ0) is 16.6. The van der Waals surface area contributed by atoms with Crippen LogP contribution in [0.5, 0.6) is 0 Å². The van der Waals surface area contributed by atoms with E-state index in [1.807, 2.05) is 17.0 Å². The van der Waals surface area contributed by atoms with E-state index in [-0.39, 0.29) is 18.4 Å². The topological polar surface area (TPSA) is 56.4 Å². The van der Waals surface area contributed by atoms with Crippen LogP contribution in [-0.4, -0.2) is 46.7 Å². The van der Waals surface area contributed by atoms with E-state index in [0.717, 1.165) is 21.8 Å². The third-order valence-corrected chi connectivity index (χ3v) is 4.90. The van der Waals surface area contributed by atoms with Gasteiger partial charge in [0.15, 0.2) is 0 Å². The normalized spacial score (nSPS) is 13.7. The highest BCUT2D eigenvalue weighted by Gasteiger charge is 2.25. The van der Waals surface area contributed by atoms with Crippen LogP contribution in [0, 0.1) is 0 Å². The fourth-order valence-corrected chi connectivity index (χ4v) is 3.42. The predicted octanol–water partition coefficient (Wildman–Crippen LogP) is 2.46. The number of amides is 2. The molecule has 0 bridgehead atoms. The Morgan fingerprint density at radius 1 is 1.48 bits per heavy atom. The Balaban J connectivity index is 1.81. The number of aromatic nitrogens is 1. The maximum absolute atomic E-state index is 12.4. The van der Waals surface area contributed by atoms with Crippen molar-refractivity contribution in [2.24, 2.45) is 0 Å². The first-order valence-corrected chi connectivity index (χ1v) is 8.23. The van der Waals surface area contributed by atoms with Crippen LogP contribution in [-0.2, 0) is 22.6 Å². The second-order valence-corrected chi connectivity index (χ2v) is 6.56. The Hall–Kier alpha value is -2.08. The Bertz CT molecular complexity index is 796. The van der Waals surface area contributed by atoms with Crippen molar-refractivity contribution < 1.29 is 9.59 Å². The van der Waals surface area contributed by atoms with Crippen molar-refractivity contribution in [2.45, 2.75) is 13.0 Å². The number of carbonyl (C=O) groups is 2. The highest BCUT2D eigenvalue weighted by atomic mass is 79.9. The first-order valence-electron chi connectivity index (χ1n) is 7.44. The number of nitrogens with zero attached hydrogens (tertiary/aromatic N) is 2. The van der Waals surface area contributed by atoms with Crippen molar-refractivity contribution in [3.05, 3.63) is 46.6 Å². The monoisotopic (exact) mass is 375 g/mol. The van der Waals surface area contributed by atoms with E-state index in [0.29, 0.717) is 13.1 Å². The van der Waals surface area contributed by atoms with Gasteiger partial charge >= 0.3 is 0 Å². The summed E-state index contributed by atoms with van der Waals surface area (Å²) in [6.07, 6.45) is 2.01. The summed E-state index contributed by atoms with van der Waals surface area (Å²) in [7, 11) is 1.61. The molecule has 0 unspecified atom stereocenters. The van der Waals surface area contributed by atoms with Gasteiger partial charge in [0.25, 0.3) is 0 Å². The average molecular weight is 376 g/mol. The molecule has 0 saturated heterocycles. The van der Waals surface area contributed by atoms with E-state index in [9.17, 15) is 9.59 Å². The molecule has 0 saturated carbocycles. The van der Waals surface area contributed by atoms with E-state index in [4.69, 9.17) is 0 Å². The Kier molecular flexibility index (Phi) is 4.26. The standard InChI is InChI=1S/C17H18BrN3O2/c1-3-15(22)20(2)10-16(23)21-8-7-14-12(9-21)11-5-4-6-13(18)17(11)19-14/h3-6,19H,1,7-10H2,2H3. The molecular formula is C17H18BrN3O2. The summed E-state index contributed by atoms with van der Waals surface area (Å²) < 4.78 is 1.03. The SMILES string of the molecule is C=CC(=O)N(C)CC(=O)N1CCc2[nH]c3c(Br)cccc3c2C1. The molecule has 1 aliphatic heterocycles. The van der Waals surface area contributed by atoms with E-state index in [1.54, 1.807) is 7.05 Å². The van der Waals surface area contributed by atoms with Gasteiger partial charge in [-0.3, -0.25) is 9.59 Å². The number of H-pyrrole nitrogens is 1. The van der Waals surface area contributed by atoms with Crippen LogP contribution >= 0.6 is 15.9 Å². The summed E-state index contributed by atoms with van der Waals surface area (Å²) in [6.45, 7) is 4.75. The van der Waals surface area contributed by atoms with Gasteiger partial charge in [-0.15, -0.1) is 0 Å². The quantitative estimate of drug-likeness (QED) is 0.837. The van der Waals surface area contributed by atoms with Gasteiger partial charge in [0, 0.05) is 47.7 Å². The molecule has 3 rings (SSSR count). The van der Waals surface area contributed by atoms with Crippen molar-refractivity contribution in [1.82, 2.24) is 14.8 Å². The molecule has 2 heterocycles. The van der Waals surface area contributed by atoms with E-state index >= 15 is 0 Å². The number of halogens is 1. The lowest BCUT2D eigenvalue weighted by Gasteiger charge is -2.29. The second-order valence-electron chi connectivity index (χ2n) is 5.71. The first kappa shape index (κ1) is 15.8. The number of carbonyl (C=O) groups excluding carboxylic acids is 2. The lowest BCUT2D eigenvalue weighted by atomic mass is 10.0. The van der Waals surface area contributed by atoms with E-state index in [2.05, 4.69) is 33.6 Å². The zero-order valence-corrected chi connectivity index (χ0v) is 14.5. The molecule has 120 valence electrons. The zero-order valence-electron chi connectivity index (χ0n) is 12.9. The summed E-state index contributed by atoms with van der Waals surface area (Å²) >= 11 is 3.56. The molecule has 6 heteroatoms. The fourth-order valence-electron chi connectivity index (χ4n) is 2.95. The highest BCUT2D eigenvalue weighted by Crippen LogP contribution is 2.31. The van der Waals surface area contributed by atoms with Gasteiger partial charge in [-0.1, -0.05) is 18.7 Å². The van der Waals surface area contributed by atoms with Gasteiger partial charge in [-0.25, -0.2) is 0 Å². The molecule has 5 nitrogen and oxygen atoms in total. The average Bonchev–Trinajstić information content (AvgIpc) is 2.93. The van der Waals surface area contributed by atoms with Gasteiger partial charge in [0.05, 0.1) is 12.1 Å². The van der Waals surface area contributed by atoms with Gasteiger partial charge in [-0.05, 0) is 28.1 Å². The van der Waals surface area contributed by atoms with Gasteiger partial charge in [0.1, 0.15) is 0 Å². The molecule has 1 aromatic heterocycles. The number of nitrogens with one attached hydrogen (secondary N) is 1. The summed E-state index contributed by atoms with van der Waals surface area (Å²) in [6, 6.07) is 6.07. The van der Waals surface area contributed by atoms with Crippen LogP contribution in [0.4, 0.5) is 0 Å². The number of rotatable bonds is 3. The van der Waals surface area contributed by atoms with Crippen molar-refractivity contribution in [3.8, 4) is 0 Å². The number of hydrogen-bond acceptors (Lipinski definition) is 2. The van der Waals surface area contributed by atoms with Crippen molar-refractivity contribution in [2.75, 3.05) is 20.1 Å². The van der Waals surface area contributed by atoms with Crippen LogP contribution in [0.2, 0.25) is 0 Å². The summed E-state index contributed by atoms with van der Waals surface area (Å²) in [5, 5.41) is 1.14. The maximum Gasteiger partial charge on any atom is 0.246 e. The molecule has 2 aromatic rings. The number of hydrogen-bond donors (Lipinski definition) is 1. The lowest BCUT2D eigenvalue weighted by molar-refractivity contribution is -0.137. The molecule has 23 heavy (non-hydrogen) atoms. The predicted molar refractivity (Wildman–Crippen MR) is 93.0 cm³/mol. The van der Waals surface area contributed by atoms with Crippen molar-refractivity contribution >= 4 is 38.6 Å². The van der Waals surface area contributed by atoms with Gasteiger partial charge < -0.3 is 14.8 Å². The molecule has 1 aliphatic rings. The minimum atomic E-state index is -0.243. The Labute approximate surface area is 143 Å². The number of aromatic amines is 1. The maximum atomic E-state index is 12.4. The summed E-state index contributed by atoms with van der Waals surface area (Å²) in [5.74, 6) is -0.287. The van der Waals surface area contributed by atoms with Gasteiger partial charge in [-0.2, -0.15) is 0 Å². The number of benzene rings is 1. The van der Waals surface area contributed by atoms with Crippen LogP contribution in [0.1, 0.15) is 11.3 Å². The third-order valence-electron chi connectivity index (χ3n) is 4.24. The molecule has 0 spiro atoms. The molecule has 1 N–H and O–H groups in total. The first-order chi connectivity index (χ1) is 11.0. The number of likely N-dealkylation sites (N-methyl/N-ethyl adjacent to an activating group) is 1. The van der Waals surface area contributed by atoms with E-state index in [1.165, 1.54) is 22.2 Å². The second kappa shape index (κ2) is 6.20. The minimum Gasteiger partial charge on any atom is -0.357 e.